The maximum atomic E-state index is 12.5. The van der Waals surface area contributed by atoms with E-state index in [0.717, 1.165) is 31.2 Å². The van der Waals surface area contributed by atoms with Gasteiger partial charge in [-0.1, -0.05) is 37.8 Å². The molecule has 1 aromatic rings. The lowest BCUT2D eigenvalue weighted by atomic mass is 9.92. The van der Waals surface area contributed by atoms with Crippen LogP contribution < -0.4 is 5.32 Å². The van der Waals surface area contributed by atoms with E-state index in [4.69, 9.17) is 0 Å². The van der Waals surface area contributed by atoms with Gasteiger partial charge in [-0.15, -0.1) is 0 Å². The van der Waals surface area contributed by atoms with Gasteiger partial charge in [-0.05, 0) is 32.4 Å². The summed E-state index contributed by atoms with van der Waals surface area (Å²) in [6.07, 6.45) is 5.49. The van der Waals surface area contributed by atoms with Crippen LogP contribution in [-0.4, -0.2) is 34.9 Å². The van der Waals surface area contributed by atoms with Crippen LogP contribution in [-0.2, 0) is 4.79 Å². The molecule has 1 aromatic carbocycles. The Labute approximate surface area is 154 Å². The van der Waals surface area contributed by atoms with Crippen LogP contribution in [0.25, 0.3) is 0 Å². The molecule has 0 spiro atoms. The number of amides is 1. The summed E-state index contributed by atoms with van der Waals surface area (Å²) < 4.78 is 0. The third kappa shape index (κ3) is 5.02. The Bertz CT molecular complexity index is 690. The Morgan fingerprint density at radius 3 is 2.62 bits per heavy atom. The first kappa shape index (κ1) is 19.9. The second-order valence-corrected chi connectivity index (χ2v) is 7.10. The second kappa shape index (κ2) is 8.77. The van der Waals surface area contributed by atoms with Crippen LogP contribution in [0.5, 0.6) is 0 Å². The second-order valence-electron chi connectivity index (χ2n) is 7.10. The molecule has 1 atom stereocenters. The molecule has 1 saturated carbocycles. The summed E-state index contributed by atoms with van der Waals surface area (Å²) in [4.78, 5) is 24.8. The fraction of sp³-hybridized carbons (Fsp3) is 0.579. The summed E-state index contributed by atoms with van der Waals surface area (Å²) in [5.74, 6) is -0.187. The van der Waals surface area contributed by atoms with Crippen LogP contribution in [0, 0.1) is 21.4 Å². The van der Waals surface area contributed by atoms with Crippen molar-refractivity contribution in [3.8, 4) is 6.07 Å². The lowest BCUT2D eigenvalue weighted by Crippen LogP contribution is -2.50. The molecule has 0 bridgehead atoms. The number of nitriles is 1. The standard InChI is InChI=1S/C19H26N4O3/c1-15(16-8-7-9-17(12-16)23(25)26)22(2)13-18(24)21-19(14-20)10-5-3-4-6-11-19/h7-9,12,15H,3-6,10-11,13H2,1-2H3,(H,21,24). The predicted molar refractivity (Wildman–Crippen MR) is 98.3 cm³/mol. The Morgan fingerprint density at radius 1 is 1.38 bits per heavy atom. The first-order valence-corrected chi connectivity index (χ1v) is 9.04. The number of carbonyl (C=O) groups is 1. The van der Waals surface area contributed by atoms with Gasteiger partial charge >= 0.3 is 0 Å². The number of nitro benzene ring substituents is 1. The van der Waals surface area contributed by atoms with E-state index >= 15 is 0 Å². The van der Waals surface area contributed by atoms with E-state index in [1.54, 1.807) is 13.1 Å². The zero-order valence-corrected chi connectivity index (χ0v) is 15.4. The number of hydrogen-bond acceptors (Lipinski definition) is 5. The fourth-order valence-corrected chi connectivity index (χ4v) is 3.42. The minimum atomic E-state index is -0.761. The number of nitro groups is 1. The highest BCUT2D eigenvalue weighted by atomic mass is 16.6. The van der Waals surface area contributed by atoms with E-state index in [0.29, 0.717) is 12.8 Å². The number of carbonyl (C=O) groups excluding carboxylic acids is 1. The number of rotatable bonds is 6. The van der Waals surface area contributed by atoms with E-state index in [9.17, 15) is 20.2 Å². The van der Waals surface area contributed by atoms with Gasteiger partial charge in [-0.25, -0.2) is 0 Å². The van der Waals surface area contributed by atoms with Gasteiger partial charge in [0.25, 0.3) is 5.69 Å². The largest absolute Gasteiger partial charge is 0.337 e. The molecule has 0 radical (unpaired) electrons. The Balaban J connectivity index is 2.00. The van der Waals surface area contributed by atoms with E-state index in [1.807, 2.05) is 17.9 Å². The highest BCUT2D eigenvalue weighted by molar-refractivity contribution is 5.79. The lowest BCUT2D eigenvalue weighted by Gasteiger charge is -2.29. The summed E-state index contributed by atoms with van der Waals surface area (Å²) in [6.45, 7) is 2.03. The van der Waals surface area contributed by atoms with Gasteiger partial charge in [0.15, 0.2) is 0 Å². The molecule has 26 heavy (non-hydrogen) atoms. The maximum Gasteiger partial charge on any atom is 0.269 e. The molecular weight excluding hydrogens is 332 g/mol. The molecule has 1 N–H and O–H groups in total. The highest BCUT2D eigenvalue weighted by Crippen LogP contribution is 2.27. The molecule has 1 unspecified atom stereocenters. The third-order valence-electron chi connectivity index (χ3n) is 5.17. The lowest BCUT2D eigenvalue weighted by molar-refractivity contribution is -0.384. The quantitative estimate of drug-likeness (QED) is 0.478. The van der Waals surface area contributed by atoms with Crippen molar-refractivity contribution in [1.29, 1.82) is 5.26 Å². The van der Waals surface area contributed by atoms with Crippen molar-refractivity contribution in [3.63, 3.8) is 0 Å². The first-order chi connectivity index (χ1) is 12.4. The molecule has 1 amide bonds. The molecule has 7 nitrogen and oxygen atoms in total. The smallest absolute Gasteiger partial charge is 0.269 e. The summed E-state index contributed by atoms with van der Waals surface area (Å²) in [5, 5.41) is 23.5. The SMILES string of the molecule is CC(c1cccc([N+](=O)[O-])c1)N(C)CC(=O)NC1(C#N)CCCCCC1. The van der Waals surface area contributed by atoms with Crippen LogP contribution in [0.3, 0.4) is 0 Å². The molecule has 0 aromatic heterocycles. The van der Waals surface area contributed by atoms with Crippen LogP contribution in [0.15, 0.2) is 24.3 Å². The molecule has 0 heterocycles. The molecular formula is C19H26N4O3. The zero-order valence-electron chi connectivity index (χ0n) is 15.4. The molecule has 2 rings (SSSR count). The summed E-state index contributed by atoms with van der Waals surface area (Å²) in [5.41, 5.74) is 0.0523. The summed E-state index contributed by atoms with van der Waals surface area (Å²) >= 11 is 0. The number of nitrogens with one attached hydrogen (secondary N) is 1. The molecule has 1 aliphatic carbocycles. The van der Waals surface area contributed by atoms with Crippen molar-refractivity contribution in [3.05, 3.63) is 39.9 Å². The van der Waals surface area contributed by atoms with E-state index in [2.05, 4.69) is 11.4 Å². The molecule has 1 aliphatic rings. The van der Waals surface area contributed by atoms with Crippen molar-refractivity contribution < 1.29 is 9.72 Å². The predicted octanol–water partition coefficient (Wildman–Crippen LogP) is 3.32. The number of hydrogen-bond donors (Lipinski definition) is 1. The molecule has 7 heteroatoms. The van der Waals surface area contributed by atoms with E-state index < -0.39 is 10.5 Å². The highest BCUT2D eigenvalue weighted by Gasteiger charge is 2.33. The van der Waals surface area contributed by atoms with Crippen molar-refractivity contribution >= 4 is 11.6 Å². The van der Waals surface area contributed by atoms with Crippen molar-refractivity contribution in [2.24, 2.45) is 0 Å². The summed E-state index contributed by atoms with van der Waals surface area (Å²) in [6, 6.07) is 8.60. The number of non-ortho nitro benzene ring substituents is 1. The fourth-order valence-electron chi connectivity index (χ4n) is 3.42. The zero-order chi connectivity index (χ0) is 19.2. The Kier molecular flexibility index (Phi) is 6.70. The van der Waals surface area contributed by atoms with Gasteiger partial charge in [0, 0.05) is 18.2 Å². The minimum Gasteiger partial charge on any atom is -0.337 e. The van der Waals surface area contributed by atoms with E-state index in [-0.39, 0.29) is 24.2 Å². The van der Waals surface area contributed by atoms with Crippen LogP contribution in [0.2, 0.25) is 0 Å². The normalized spacial score (nSPS) is 17.8. The molecule has 0 aliphatic heterocycles. The maximum absolute atomic E-state index is 12.5. The average Bonchev–Trinajstić information content (AvgIpc) is 2.87. The monoisotopic (exact) mass is 358 g/mol. The Morgan fingerprint density at radius 2 is 2.04 bits per heavy atom. The van der Waals surface area contributed by atoms with Gasteiger partial charge < -0.3 is 5.32 Å². The van der Waals surface area contributed by atoms with Crippen molar-refractivity contribution in [1.82, 2.24) is 10.2 Å². The number of likely N-dealkylation sites (N-methyl/N-ethyl adjacent to an activating group) is 1. The van der Waals surface area contributed by atoms with Crippen LogP contribution in [0.1, 0.15) is 57.1 Å². The Hall–Kier alpha value is -2.46. The number of benzene rings is 1. The van der Waals surface area contributed by atoms with E-state index in [1.165, 1.54) is 12.1 Å². The molecule has 1 fully saturated rings. The molecule has 140 valence electrons. The van der Waals surface area contributed by atoms with Gasteiger partial charge in [0.2, 0.25) is 5.91 Å². The topological polar surface area (TPSA) is 99.3 Å². The minimum absolute atomic E-state index is 0.0362. The first-order valence-electron chi connectivity index (χ1n) is 9.04. The summed E-state index contributed by atoms with van der Waals surface area (Å²) in [7, 11) is 1.80. The van der Waals surface area contributed by atoms with Crippen LogP contribution in [0.4, 0.5) is 5.69 Å². The molecule has 0 saturated heterocycles. The van der Waals surface area contributed by atoms with Gasteiger partial charge in [-0.3, -0.25) is 19.8 Å². The van der Waals surface area contributed by atoms with Crippen molar-refractivity contribution in [2.75, 3.05) is 13.6 Å². The number of nitrogens with zero attached hydrogens (tertiary/aromatic N) is 3. The van der Waals surface area contributed by atoms with Crippen molar-refractivity contribution in [2.45, 2.75) is 57.0 Å². The van der Waals surface area contributed by atoms with Gasteiger partial charge in [0.05, 0.1) is 17.5 Å². The van der Waals surface area contributed by atoms with Gasteiger partial charge in [0.1, 0.15) is 5.54 Å². The van der Waals surface area contributed by atoms with Gasteiger partial charge in [-0.2, -0.15) is 5.26 Å². The third-order valence-corrected chi connectivity index (χ3v) is 5.17. The average molecular weight is 358 g/mol. The van der Waals surface area contributed by atoms with Crippen LogP contribution >= 0.6 is 0 Å².